The lowest BCUT2D eigenvalue weighted by Gasteiger charge is -2.17. The molecule has 0 radical (unpaired) electrons. The Balaban J connectivity index is 2.12. The van der Waals surface area contributed by atoms with Gasteiger partial charge in [0, 0.05) is 11.7 Å². The molecule has 0 aliphatic heterocycles. The van der Waals surface area contributed by atoms with E-state index in [0.717, 1.165) is 29.0 Å². The summed E-state index contributed by atoms with van der Waals surface area (Å²) in [6.07, 6.45) is -1.99. The molecular weight excluding hydrogens is 393 g/mol. The maximum absolute atomic E-state index is 13.0. The molecule has 2 unspecified atom stereocenters. The number of nitrogens with one attached hydrogen (secondary N) is 1. The smallest absolute Gasteiger partial charge is 0.319 e. The van der Waals surface area contributed by atoms with Crippen LogP contribution in [0.15, 0.2) is 30.5 Å². The summed E-state index contributed by atoms with van der Waals surface area (Å²) in [4.78, 5) is 7.46. The molecule has 2 aromatic heterocycles. The van der Waals surface area contributed by atoms with Crippen molar-refractivity contribution >= 4 is 36.3 Å². The fraction of sp³-hybridized carbons (Fsp3) is 0.333. The molecule has 9 heteroatoms. The SMILES string of the molecule is Cc1cc(C)c(CC(S)C(N)S)[n+](-c2nc3ccc(C(F)(F)F)cc3[nH]2)c1. The third-order valence-corrected chi connectivity index (χ3v) is 5.44. The van der Waals surface area contributed by atoms with Crippen molar-refractivity contribution in [2.75, 3.05) is 0 Å². The van der Waals surface area contributed by atoms with Gasteiger partial charge in [0.1, 0.15) is 5.52 Å². The third-order valence-electron chi connectivity index (χ3n) is 4.34. The van der Waals surface area contributed by atoms with Crippen LogP contribution in [0.1, 0.15) is 22.4 Å². The van der Waals surface area contributed by atoms with Gasteiger partial charge in [-0.3, -0.25) is 0 Å². The fourth-order valence-corrected chi connectivity index (χ4v) is 3.27. The van der Waals surface area contributed by atoms with Gasteiger partial charge in [0.2, 0.25) is 0 Å². The molecule has 0 saturated carbocycles. The molecule has 0 fully saturated rings. The van der Waals surface area contributed by atoms with Crippen LogP contribution < -0.4 is 10.3 Å². The number of nitrogens with zero attached hydrogens (tertiary/aromatic N) is 2. The zero-order valence-corrected chi connectivity index (χ0v) is 16.5. The topological polar surface area (TPSA) is 58.6 Å². The van der Waals surface area contributed by atoms with Crippen molar-refractivity contribution in [2.24, 2.45) is 5.73 Å². The molecule has 0 bridgehead atoms. The van der Waals surface area contributed by atoms with Gasteiger partial charge < -0.3 is 5.73 Å². The summed E-state index contributed by atoms with van der Waals surface area (Å²) in [7, 11) is 0. The Labute approximate surface area is 165 Å². The van der Waals surface area contributed by atoms with E-state index in [1.54, 1.807) is 0 Å². The summed E-state index contributed by atoms with van der Waals surface area (Å²) in [6.45, 7) is 3.91. The van der Waals surface area contributed by atoms with E-state index in [-0.39, 0.29) is 5.25 Å². The van der Waals surface area contributed by atoms with Crippen LogP contribution in [0.2, 0.25) is 0 Å². The lowest BCUT2D eigenvalue weighted by Crippen LogP contribution is -2.41. The molecule has 144 valence electrons. The number of nitrogens with two attached hydrogens (primary N) is 1. The zero-order valence-electron chi connectivity index (χ0n) is 14.7. The van der Waals surface area contributed by atoms with Crippen LogP contribution >= 0.6 is 25.3 Å². The van der Waals surface area contributed by atoms with Gasteiger partial charge in [-0.15, -0.1) is 0 Å². The van der Waals surface area contributed by atoms with Crippen LogP contribution in [0.3, 0.4) is 0 Å². The summed E-state index contributed by atoms with van der Waals surface area (Å²) in [5.74, 6) is 0.444. The Morgan fingerprint density at radius 1 is 1.22 bits per heavy atom. The molecule has 1 aromatic carbocycles. The molecule has 4 nitrogen and oxygen atoms in total. The maximum atomic E-state index is 13.0. The van der Waals surface area contributed by atoms with Crippen LogP contribution in [-0.4, -0.2) is 20.6 Å². The number of rotatable bonds is 4. The minimum Gasteiger partial charge on any atom is -0.319 e. The minimum absolute atomic E-state index is 0.192. The van der Waals surface area contributed by atoms with E-state index in [1.807, 2.05) is 30.7 Å². The van der Waals surface area contributed by atoms with Crippen molar-refractivity contribution in [1.29, 1.82) is 0 Å². The van der Waals surface area contributed by atoms with Crippen LogP contribution in [0, 0.1) is 13.8 Å². The molecule has 27 heavy (non-hydrogen) atoms. The standard InChI is InChI=1S/C18H19F3N4S2/c1-9-5-10(2)14(7-15(26)16(22)27)25(8-9)17-23-12-4-3-11(18(19,20)21)6-13(12)24-17/h3-6,8,15-16H,7,22H2,1-2H3,(H2-,23,24,26,27)/p+1. The number of aromatic nitrogens is 3. The quantitative estimate of drug-likeness (QED) is 0.301. The zero-order chi connectivity index (χ0) is 19.9. The molecular formula is C18H20F3N4S2+. The van der Waals surface area contributed by atoms with Crippen LogP contribution in [-0.2, 0) is 12.6 Å². The first-order valence-corrected chi connectivity index (χ1v) is 9.30. The highest BCUT2D eigenvalue weighted by molar-refractivity contribution is 7.85. The van der Waals surface area contributed by atoms with Gasteiger partial charge in [-0.1, -0.05) is 11.1 Å². The molecule has 2 atom stereocenters. The number of hydrogen-bond donors (Lipinski definition) is 4. The normalized spacial score (nSPS) is 14.5. The van der Waals surface area contributed by atoms with E-state index in [9.17, 15) is 13.2 Å². The van der Waals surface area contributed by atoms with Gasteiger partial charge in [-0.05, 0) is 43.2 Å². The number of thiol groups is 2. The summed E-state index contributed by atoms with van der Waals surface area (Å²) in [6, 6.07) is 5.50. The number of pyridine rings is 1. The molecule has 2 heterocycles. The van der Waals surface area contributed by atoms with Crippen molar-refractivity contribution < 1.29 is 17.7 Å². The highest BCUT2D eigenvalue weighted by atomic mass is 32.1. The Bertz CT molecular complexity index is 983. The van der Waals surface area contributed by atoms with Gasteiger partial charge in [-0.2, -0.15) is 38.4 Å². The molecule has 0 saturated heterocycles. The van der Waals surface area contributed by atoms with Gasteiger partial charge in [0.25, 0.3) is 0 Å². The van der Waals surface area contributed by atoms with E-state index < -0.39 is 17.1 Å². The average Bonchev–Trinajstić information content (AvgIpc) is 2.98. The third kappa shape index (κ3) is 4.25. The van der Waals surface area contributed by atoms with Crippen LogP contribution in [0.4, 0.5) is 13.2 Å². The second-order valence-corrected chi connectivity index (χ2v) is 7.83. The largest absolute Gasteiger partial charge is 0.416 e. The summed E-state index contributed by atoms with van der Waals surface area (Å²) in [5.41, 5.74) is 8.82. The molecule has 0 aliphatic carbocycles. The van der Waals surface area contributed by atoms with E-state index in [1.165, 1.54) is 6.07 Å². The number of imidazole rings is 1. The number of fused-ring (bicyclic) bond motifs is 1. The molecule has 0 amide bonds. The highest BCUT2D eigenvalue weighted by Gasteiger charge is 2.32. The van der Waals surface area contributed by atoms with Crippen molar-refractivity contribution in [2.45, 2.75) is 37.1 Å². The number of benzene rings is 1. The highest BCUT2D eigenvalue weighted by Crippen LogP contribution is 2.31. The molecule has 0 aliphatic rings. The van der Waals surface area contributed by atoms with Crippen molar-refractivity contribution in [3.8, 4) is 5.95 Å². The number of alkyl halides is 3. The second kappa shape index (κ2) is 7.37. The molecule has 0 spiro atoms. The van der Waals surface area contributed by atoms with E-state index in [2.05, 4.69) is 35.2 Å². The molecule has 3 aromatic rings. The first-order valence-electron chi connectivity index (χ1n) is 8.27. The van der Waals surface area contributed by atoms with Crippen molar-refractivity contribution in [3.05, 3.63) is 52.8 Å². The van der Waals surface area contributed by atoms with Gasteiger partial charge in [0.05, 0.1) is 22.8 Å². The fourth-order valence-electron chi connectivity index (χ4n) is 2.99. The summed E-state index contributed by atoms with van der Waals surface area (Å²) >= 11 is 8.73. The molecule has 3 N–H and O–H groups in total. The van der Waals surface area contributed by atoms with Gasteiger partial charge >= 0.3 is 12.1 Å². The number of aromatic amines is 1. The molecule has 3 rings (SSSR count). The predicted molar refractivity (Wildman–Crippen MR) is 106 cm³/mol. The van der Waals surface area contributed by atoms with E-state index in [4.69, 9.17) is 5.73 Å². The lowest BCUT2D eigenvalue weighted by atomic mass is 10.1. The number of H-pyrrole nitrogens is 1. The predicted octanol–water partition coefficient (Wildman–Crippen LogP) is 3.53. The van der Waals surface area contributed by atoms with Gasteiger partial charge in [-0.25, -0.2) is 9.55 Å². The monoisotopic (exact) mass is 413 g/mol. The lowest BCUT2D eigenvalue weighted by molar-refractivity contribution is -0.612. The second-order valence-electron chi connectivity index (χ2n) is 6.57. The summed E-state index contributed by atoms with van der Waals surface area (Å²) < 4.78 is 40.7. The van der Waals surface area contributed by atoms with Crippen molar-refractivity contribution in [1.82, 2.24) is 9.97 Å². The Kier molecular flexibility index (Phi) is 5.47. The van der Waals surface area contributed by atoms with Crippen LogP contribution in [0.25, 0.3) is 17.0 Å². The van der Waals surface area contributed by atoms with Gasteiger partial charge in [0.15, 0.2) is 5.52 Å². The van der Waals surface area contributed by atoms with E-state index in [0.29, 0.717) is 23.4 Å². The number of aryl methyl sites for hydroxylation is 2. The Morgan fingerprint density at radius 3 is 2.56 bits per heavy atom. The first kappa shape index (κ1) is 20.0. The number of hydrogen-bond acceptors (Lipinski definition) is 4. The van der Waals surface area contributed by atoms with Crippen LogP contribution in [0.5, 0.6) is 0 Å². The Morgan fingerprint density at radius 2 is 1.93 bits per heavy atom. The summed E-state index contributed by atoms with van der Waals surface area (Å²) in [5, 5.41) is -0.602. The minimum atomic E-state index is -4.40. The Hall–Kier alpha value is -1.71. The van der Waals surface area contributed by atoms with Crippen molar-refractivity contribution in [3.63, 3.8) is 0 Å². The average molecular weight is 414 g/mol. The maximum Gasteiger partial charge on any atom is 0.416 e. The number of halogens is 3. The van der Waals surface area contributed by atoms with E-state index >= 15 is 0 Å². The first-order chi connectivity index (χ1) is 12.6.